The van der Waals surface area contributed by atoms with E-state index in [1.807, 2.05) is 54.6 Å². The van der Waals surface area contributed by atoms with Crippen LogP contribution in [0.3, 0.4) is 0 Å². The van der Waals surface area contributed by atoms with E-state index < -0.39 is 0 Å². The normalized spacial score (nSPS) is 13.9. The van der Waals surface area contributed by atoms with E-state index >= 15 is 0 Å². The number of pyridine rings is 1. The van der Waals surface area contributed by atoms with Crippen molar-refractivity contribution in [3.05, 3.63) is 84.4 Å². The number of hydrogen-bond acceptors (Lipinski definition) is 6. The number of ether oxygens (including phenoxy) is 1. The smallest absolute Gasteiger partial charge is 0.259 e. The van der Waals surface area contributed by atoms with Gasteiger partial charge in [-0.3, -0.25) is 10.1 Å². The molecule has 1 aliphatic heterocycles. The minimum atomic E-state index is -0.212. The van der Waals surface area contributed by atoms with Crippen molar-refractivity contribution in [1.29, 1.82) is 0 Å². The molecule has 34 heavy (non-hydrogen) atoms. The number of carbonyl (C=O) groups is 1. The average molecular weight is 467 g/mol. The number of nitrogens with one attached hydrogen (secondary N) is 1. The Morgan fingerprint density at radius 3 is 2.65 bits per heavy atom. The van der Waals surface area contributed by atoms with Gasteiger partial charge in [-0.2, -0.15) is 0 Å². The number of para-hydroxylation sites is 2. The number of fused-ring (bicyclic) bond motifs is 2. The van der Waals surface area contributed by atoms with Crippen LogP contribution >= 0.6 is 11.3 Å². The first kappa shape index (κ1) is 20.8. The van der Waals surface area contributed by atoms with Crippen LogP contribution in [0.5, 0.6) is 0 Å². The summed E-state index contributed by atoms with van der Waals surface area (Å²) in [5.41, 5.74) is 5.10. The lowest BCUT2D eigenvalue weighted by atomic mass is 10.1. The van der Waals surface area contributed by atoms with Crippen LogP contribution in [-0.2, 0) is 4.74 Å². The standard InChI is InChI=1S/C27H22N4O2S/c32-26(30-27-29-23-9-1-2-10-24(23)34-27)21-8-4-5-18-11-12-22(28-25(18)21)19-6-3-7-20(17-19)31-13-15-33-16-14-31/h1-12,17H,13-16H2,(H,29,30,32). The number of carbonyl (C=O) groups excluding carboxylic acids is 1. The highest BCUT2D eigenvalue weighted by atomic mass is 32.1. The van der Waals surface area contributed by atoms with Gasteiger partial charge in [0.15, 0.2) is 5.13 Å². The highest BCUT2D eigenvalue weighted by molar-refractivity contribution is 7.22. The quantitative estimate of drug-likeness (QED) is 0.373. The number of anilines is 2. The third kappa shape index (κ3) is 4.00. The third-order valence-electron chi connectivity index (χ3n) is 6.00. The first-order valence-electron chi connectivity index (χ1n) is 11.2. The molecule has 1 aliphatic rings. The fraction of sp³-hybridized carbons (Fsp3) is 0.148. The molecule has 5 aromatic rings. The highest BCUT2D eigenvalue weighted by Gasteiger charge is 2.16. The fourth-order valence-corrected chi connectivity index (χ4v) is 5.13. The van der Waals surface area contributed by atoms with Crippen molar-refractivity contribution in [3.63, 3.8) is 0 Å². The molecule has 0 bridgehead atoms. The van der Waals surface area contributed by atoms with E-state index in [0.717, 1.165) is 58.9 Å². The van der Waals surface area contributed by atoms with Crippen molar-refractivity contribution in [2.24, 2.45) is 0 Å². The summed E-state index contributed by atoms with van der Waals surface area (Å²) in [4.78, 5) is 25.0. The molecule has 2 aromatic heterocycles. The fourth-order valence-electron chi connectivity index (χ4n) is 4.26. The van der Waals surface area contributed by atoms with E-state index in [1.54, 1.807) is 0 Å². The predicted octanol–water partition coefficient (Wildman–Crippen LogP) is 5.60. The number of benzene rings is 3. The van der Waals surface area contributed by atoms with Gasteiger partial charge in [0.1, 0.15) is 0 Å². The monoisotopic (exact) mass is 466 g/mol. The first-order chi connectivity index (χ1) is 16.7. The number of hydrogen-bond donors (Lipinski definition) is 1. The number of morpholine rings is 1. The summed E-state index contributed by atoms with van der Waals surface area (Å²) in [5.74, 6) is -0.212. The second kappa shape index (κ2) is 8.85. The molecule has 0 unspecified atom stereocenters. The zero-order valence-corrected chi connectivity index (χ0v) is 19.2. The summed E-state index contributed by atoms with van der Waals surface area (Å²) in [6, 6.07) is 25.9. The van der Waals surface area contributed by atoms with Gasteiger partial charge in [0, 0.05) is 29.7 Å². The van der Waals surface area contributed by atoms with Crippen molar-refractivity contribution < 1.29 is 9.53 Å². The molecule has 0 aliphatic carbocycles. The molecule has 168 valence electrons. The summed E-state index contributed by atoms with van der Waals surface area (Å²) in [6.07, 6.45) is 0. The van der Waals surface area contributed by atoms with Crippen molar-refractivity contribution in [1.82, 2.24) is 9.97 Å². The van der Waals surface area contributed by atoms with Gasteiger partial charge in [0.05, 0.1) is 40.2 Å². The van der Waals surface area contributed by atoms with Crippen molar-refractivity contribution in [2.75, 3.05) is 36.5 Å². The number of rotatable bonds is 4. The summed E-state index contributed by atoms with van der Waals surface area (Å²) < 4.78 is 6.52. The van der Waals surface area contributed by atoms with E-state index in [4.69, 9.17) is 9.72 Å². The Kier molecular flexibility index (Phi) is 5.41. The van der Waals surface area contributed by atoms with Crippen LogP contribution in [-0.4, -0.2) is 42.2 Å². The molecule has 0 atom stereocenters. The van der Waals surface area contributed by atoms with Gasteiger partial charge in [0.25, 0.3) is 5.91 Å². The maximum absolute atomic E-state index is 13.2. The molecule has 1 N–H and O–H groups in total. The minimum Gasteiger partial charge on any atom is -0.378 e. The largest absolute Gasteiger partial charge is 0.378 e. The Hall–Kier alpha value is -3.81. The Morgan fingerprint density at radius 1 is 0.912 bits per heavy atom. The van der Waals surface area contributed by atoms with Crippen LogP contribution in [0.1, 0.15) is 10.4 Å². The van der Waals surface area contributed by atoms with Gasteiger partial charge in [0.2, 0.25) is 0 Å². The lowest BCUT2D eigenvalue weighted by Gasteiger charge is -2.29. The summed E-state index contributed by atoms with van der Waals surface area (Å²) >= 11 is 1.46. The van der Waals surface area contributed by atoms with Gasteiger partial charge in [-0.25, -0.2) is 9.97 Å². The summed E-state index contributed by atoms with van der Waals surface area (Å²) in [6.45, 7) is 3.24. The Morgan fingerprint density at radius 2 is 1.76 bits per heavy atom. The highest BCUT2D eigenvalue weighted by Crippen LogP contribution is 2.29. The molecule has 0 radical (unpaired) electrons. The molecule has 0 spiro atoms. The SMILES string of the molecule is O=C(Nc1nc2ccccc2s1)c1cccc2ccc(-c3cccc(N4CCOCC4)c3)nc12. The molecule has 0 saturated carbocycles. The molecule has 6 nitrogen and oxygen atoms in total. The zero-order chi connectivity index (χ0) is 22.9. The molecule has 7 heteroatoms. The molecule has 6 rings (SSSR count). The Labute approximate surface area is 200 Å². The van der Waals surface area contributed by atoms with Crippen LogP contribution in [0.25, 0.3) is 32.4 Å². The third-order valence-corrected chi connectivity index (χ3v) is 6.95. The number of nitrogens with zero attached hydrogens (tertiary/aromatic N) is 3. The van der Waals surface area contributed by atoms with Crippen LogP contribution < -0.4 is 10.2 Å². The summed E-state index contributed by atoms with van der Waals surface area (Å²) in [5, 5.41) is 4.46. The number of thiazole rings is 1. The second-order valence-electron chi connectivity index (χ2n) is 8.16. The minimum absolute atomic E-state index is 0.212. The van der Waals surface area contributed by atoms with Crippen LogP contribution in [0.2, 0.25) is 0 Å². The first-order valence-corrected chi connectivity index (χ1v) is 12.1. The average Bonchev–Trinajstić information content (AvgIpc) is 3.31. The van der Waals surface area contributed by atoms with E-state index in [-0.39, 0.29) is 5.91 Å². The number of amides is 1. The van der Waals surface area contributed by atoms with Gasteiger partial charge < -0.3 is 9.64 Å². The van der Waals surface area contributed by atoms with Crippen molar-refractivity contribution >= 4 is 49.2 Å². The van der Waals surface area contributed by atoms with E-state index in [9.17, 15) is 4.79 Å². The zero-order valence-electron chi connectivity index (χ0n) is 18.4. The molecular weight excluding hydrogens is 444 g/mol. The molecule has 3 aromatic carbocycles. The lowest BCUT2D eigenvalue weighted by Crippen LogP contribution is -2.36. The van der Waals surface area contributed by atoms with Gasteiger partial charge in [-0.15, -0.1) is 0 Å². The van der Waals surface area contributed by atoms with Crippen molar-refractivity contribution in [3.8, 4) is 11.3 Å². The second-order valence-corrected chi connectivity index (χ2v) is 9.20. The van der Waals surface area contributed by atoms with Crippen LogP contribution in [0, 0.1) is 0 Å². The molecule has 1 amide bonds. The van der Waals surface area contributed by atoms with Gasteiger partial charge in [-0.1, -0.05) is 53.8 Å². The molecule has 1 fully saturated rings. The number of aromatic nitrogens is 2. The Bertz CT molecular complexity index is 1470. The van der Waals surface area contributed by atoms with Gasteiger partial charge >= 0.3 is 0 Å². The van der Waals surface area contributed by atoms with Crippen molar-refractivity contribution in [2.45, 2.75) is 0 Å². The molecule has 3 heterocycles. The lowest BCUT2D eigenvalue weighted by molar-refractivity contribution is 0.102. The predicted molar refractivity (Wildman–Crippen MR) is 138 cm³/mol. The maximum atomic E-state index is 13.2. The van der Waals surface area contributed by atoms with E-state index in [1.165, 1.54) is 11.3 Å². The van der Waals surface area contributed by atoms with Gasteiger partial charge in [-0.05, 0) is 36.4 Å². The summed E-state index contributed by atoms with van der Waals surface area (Å²) in [7, 11) is 0. The molecular formula is C27H22N4O2S. The topological polar surface area (TPSA) is 67.4 Å². The van der Waals surface area contributed by atoms with E-state index in [2.05, 4.69) is 39.5 Å². The van der Waals surface area contributed by atoms with Crippen LogP contribution in [0.4, 0.5) is 10.8 Å². The van der Waals surface area contributed by atoms with E-state index in [0.29, 0.717) is 16.2 Å². The Balaban J connectivity index is 1.34. The molecule has 1 saturated heterocycles. The maximum Gasteiger partial charge on any atom is 0.259 e. The van der Waals surface area contributed by atoms with Crippen LogP contribution in [0.15, 0.2) is 78.9 Å².